The van der Waals surface area contributed by atoms with Crippen molar-refractivity contribution in [1.82, 2.24) is 4.74 Å². The van der Waals surface area contributed by atoms with Gasteiger partial charge in [-0.25, -0.2) is 0 Å². The van der Waals surface area contributed by atoms with E-state index in [4.69, 9.17) is 9.63 Å². The van der Waals surface area contributed by atoms with Crippen LogP contribution in [0.3, 0.4) is 0 Å². The molecule has 1 N–H and O–H groups in total. The summed E-state index contributed by atoms with van der Waals surface area (Å²) in [5.41, 5.74) is -0.449. The van der Waals surface area contributed by atoms with Crippen LogP contribution in [0.5, 0.6) is 0 Å². The molecule has 0 aliphatic rings. The second-order valence-electron chi connectivity index (χ2n) is 3.18. The molecule has 0 aromatic carbocycles. The molecule has 5 nitrogen and oxygen atoms in total. The third-order valence-electron chi connectivity index (χ3n) is 1.74. The Hall–Kier alpha value is -1.01. The van der Waals surface area contributed by atoms with Crippen LogP contribution in [0.2, 0.25) is 0 Å². The Labute approximate surface area is 91.0 Å². The maximum absolute atomic E-state index is 11.5. The normalized spacial score (nSPS) is 12.7. The lowest BCUT2D eigenvalue weighted by atomic mass is 10.5. The van der Waals surface area contributed by atoms with E-state index in [9.17, 15) is 9.59 Å². The fourth-order valence-electron chi connectivity index (χ4n) is 0.947. The Morgan fingerprint density at radius 1 is 1.73 bits per heavy atom. The number of nitrogens with zero attached hydrogens (tertiary/aromatic N) is 1. The number of carbonyl (C=O) groups excluding carboxylic acids is 1. The molecule has 0 bridgehead atoms. The van der Waals surface area contributed by atoms with Gasteiger partial charge >= 0.3 is 0 Å². The van der Waals surface area contributed by atoms with Crippen LogP contribution < -0.4 is 5.56 Å². The molecule has 0 aliphatic heterocycles. The Bertz CT molecular complexity index is 395. The summed E-state index contributed by atoms with van der Waals surface area (Å²) in [4.78, 5) is 22.7. The number of carbonyl (C=O) groups is 1. The van der Waals surface area contributed by atoms with Gasteiger partial charge in [0.2, 0.25) is 0 Å². The standard InChI is InChI=1S/C9H13NO4S/c1-6-3-8(12)10(14-6)9(13)5-15-7(2)4-11/h3,7,11H,4-5H2,1-2H3. The lowest BCUT2D eigenvalue weighted by Crippen LogP contribution is -2.24. The van der Waals surface area contributed by atoms with Crippen LogP contribution in [0, 0.1) is 6.92 Å². The van der Waals surface area contributed by atoms with E-state index in [2.05, 4.69) is 0 Å². The lowest BCUT2D eigenvalue weighted by Gasteiger charge is -2.05. The van der Waals surface area contributed by atoms with Crippen molar-refractivity contribution in [2.24, 2.45) is 0 Å². The smallest absolute Gasteiger partial charge is 0.290 e. The van der Waals surface area contributed by atoms with Crippen LogP contribution in [0.25, 0.3) is 0 Å². The predicted molar refractivity (Wildman–Crippen MR) is 57.3 cm³/mol. The third kappa shape index (κ3) is 3.24. The fourth-order valence-corrected chi connectivity index (χ4v) is 1.60. The molecule has 1 aromatic heterocycles. The Kier molecular flexibility index (Phi) is 4.16. The highest BCUT2D eigenvalue weighted by Crippen LogP contribution is 2.09. The highest BCUT2D eigenvalue weighted by Gasteiger charge is 2.13. The van der Waals surface area contributed by atoms with E-state index in [1.54, 1.807) is 13.8 Å². The molecular formula is C9H13NO4S. The van der Waals surface area contributed by atoms with Gasteiger partial charge in [-0.05, 0) is 6.92 Å². The summed E-state index contributed by atoms with van der Waals surface area (Å²) in [6.07, 6.45) is 0. The van der Waals surface area contributed by atoms with Gasteiger partial charge < -0.3 is 9.63 Å². The SMILES string of the molecule is Cc1cc(=O)n(C(=O)CSC(C)CO)o1. The van der Waals surface area contributed by atoms with Gasteiger partial charge in [0.25, 0.3) is 11.5 Å². The summed E-state index contributed by atoms with van der Waals surface area (Å²) in [5.74, 6) is 0.126. The van der Waals surface area contributed by atoms with Crippen LogP contribution in [-0.2, 0) is 0 Å². The van der Waals surface area contributed by atoms with Gasteiger partial charge in [-0.2, -0.15) is 0 Å². The van der Waals surface area contributed by atoms with Crippen molar-refractivity contribution in [1.29, 1.82) is 0 Å². The highest BCUT2D eigenvalue weighted by atomic mass is 32.2. The molecule has 1 rings (SSSR count). The van der Waals surface area contributed by atoms with Gasteiger partial charge in [0.1, 0.15) is 5.76 Å². The number of rotatable bonds is 4. The zero-order valence-corrected chi connectivity index (χ0v) is 9.41. The van der Waals surface area contributed by atoms with E-state index in [0.717, 1.165) is 4.74 Å². The molecule has 0 saturated heterocycles. The molecule has 0 fully saturated rings. The third-order valence-corrected chi connectivity index (χ3v) is 2.87. The first-order valence-corrected chi connectivity index (χ1v) is 5.55. The monoisotopic (exact) mass is 231 g/mol. The van der Waals surface area contributed by atoms with Crippen molar-refractivity contribution >= 4 is 17.7 Å². The van der Waals surface area contributed by atoms with Crippen molar-refractivity contribution in [2.45, 2.75) is 19.1 Å². The molecule has 15 heavy (non-hydrogen) atoms. The number of thioether (sulfide) groups is 1. The van der Waals surface area contributed by atoms with Crippen LogP contribution in [0.1, 0.15) is 17.5 Å². The summed E-state index contributed by atoms with van der Waals surface area (Å²) in [6, 6.07) is 1.26. The topological polar surface area (TPSA) is 72.4 Å². The molecule has 6 heteroatoms. The molecule has 0 radical (unpaired) electrons. The summed E-state index contributed by atoms with van der Waals surface area (Å²) in [7, 11) is 0. The molecular weight excluding hydrogens is 218 g/mol. The first kappa shape index (κ1) is 12.1. The molecule has 1 aromatic rings. The zero-order valence-electron chi connectivity index (χ0n) is 8.60. The first-order valence-electron chi connectivity index (χ1n) is 4.50. The van der Waals surface area contributed by atoms with Gasteiger partial charge in [-0.1, -0.05) is 6.92 Å². The molecule has 1 atom stereocenters. The van der Waals surface area contributed by atoms with Crippen molar-refractivity contribution < 1.29 is 14.4 Å². The van der Waals surface area contributed by atoms with E-state index in [0.29, 0.717) is 5.76 Å². The maximum atomic E-state index is 11.5. The minimum atomic E-state index is -0.449. The lowest BCUT2D eigenvalue weighted by molar-refractivity contribution is 0.0813. The second-order valence-corrected chi connectivity index (χ2v) is 4.60. The van der Waals surface area contributed by atoms with Crippen molar-refractivity contribution in [2.75, 3.05) is 12.4 Å². The van der Waals surface area contributed by atoms with Crippen LogP contribution >= 0.6 is 11.8 Å². The second kappa shape index (κ2) is 5.18. The Morgan fingerprint density at radius 3 is 2.87 bits per heavy atom. The number of aliphatic hydroxyl groups is 1. The quantitative estimate of drug-likeness (QED) is 0.817. The number of aromatic nitrogens is 1. The number of hydrogen-bond donors (Lipinski definition) is 1. The van der Waals surface area contributed by atoms with Gasteiger partial charge in [0, 0.05) is 11.3 Å². The molecule has 0 amide bonds. The van der Waals surface area contributed by atoms with E-state index >= 15 is 0 Å². The average Bonchev–Trinajstić information content (AvgIpc) is 2.53. The van der Waals surface area contributed by atoms with Crippen LogP contribution in [-0.4, -0.2) is 33.4 Å². The molecule has 84 valence electrons. The van der Waals surface area contributed by atoms with E-state index in [1.807, 2.05) is 0 Å². The molecule has 0 saturated carbocycles. The predicted octanol–water partition coefficient (Wildman–Crippen LogP) is 0.504. The largest absolute Gasteiger partial charge is 0.395 e. The summed E-state index contributed by atoms with van der Waals surface area (Å²) < 4.78 is 5.66. The minimum absolute atomic E-state index is 0.00400. The molecule has 1 heterocycles. The molecule has 0 spiro atoms. The number of aliphatic hydroxyl groups excluding tert-OH is 1. The van der Waals surface area contributed by atoms with Gasteiger partial charge in [-0.3, -0.25) is 9.59 Å². The average molecular weight is 231 g/mol. The minimum Gasteiger partial charge on any atom is -0.395 e. The van der Waals surface area contributed by atoms with Gasteiger partial charge in [-0.15, -0.1) is 16.5 Å². The van der Waals surface area contributed by atoms with Crippen molar-refractivity contribution in [3.63, 3.8) is 0 Å². The highest BCUT2D eigenvalue weighted by molar-refractivity contribution is 8.00. The van der Waals surface area contributed by atoms with E-state index in [-0.39, 0.29) is 17.6 Å². The van der Waals surface area contributed by atoms with Gasteiger partial charge in [0.15, 0.2) is 0 Å². The number of aryl methyl sites for hydroxylation is 1. The van der Waals surface area contributed by atoms with E-state index in [1.165, 1.54) is 17.8 Å². The van der Waals surface area contributed by atoms with Crippen molar-refractivity contribution in [3.8, 4) is 0 Å². The summed E-state index contributed by atoms with van der Waals surface area (Å²) >= 11 is 1.28. The Balaban J connectivity index is 2.62. The van der Waals surface area contributed by atoms with Crippen LogP contribution in [0.15, 0.2) is 15.4 Å². The number of hydrogen-bond acceptors (Lipinski definition) is 5. The van der Waals surface area contributed by atoms with Gasteiger partial charge in [0.05, 0.1) is 12.4 Å². The van der Waals surface area contributed by atoms with E-state index < -0.39 is 11.5 Å². The van der Waals surface area contributed by atoms with Crippen LogP contribution in [0.4, 0.5) is 0 Å². The first-order chi connectivity index (χ1) is 7.04. The fraction of sp³-hybridized carbons (Fsp3) is 0.556. The van der Waals surface area contributed by atoms with Crippen molar-refractivity contribution in [3.05, 3.63) is 22.2 Å². The summed E-state index contributed by atoms with van der Waals surface area (Å²) in [5, 5.41) is 8.73. The molecule has 0 aliphatic carbocycles. The zero-order chi connectivity index (χ0) is 11.4. The molecule has 1 unspecified atom stereocenters. The maximum Gasteiger partial charge on any atom is 0.290 e. The summed E-state index contributed by atoms with van der Waals surface area (Å²) in [6.45, 7) is 3.41. The Morgan fingerprint density at radius 2 is 2.40 bits per heavy atom.